The van der Waals surface area contributed by atoms with Gasteiger partial charge in [-0.05, 0) is 0 Å². The normalized spacial score (nSPS) is 9.00. The maximum absolute atomic E-state index is 10.6. The Labute approximate surface area is 117 Å². The molecule has 0 rings (SSSR count). The fourth-order valence-electron chi connectivity index (χ4n) is 0.771. The first-order valence-corrected chi connectivity index (χ1v) is 4.35. The van der Waals surface area contributed by atoms with E-state index in [1.807, 2.05) is 0 Å². The molecular formula is C9H15NaO6. The summed E-state index contributed by atoms with van der Waals surface area (Å²) in [6.45, 7) is 3.44. The second-order valence-electron chi connectivity index (χ2n) is 2.84. The first-order chi connectivity index (χ1) is 6.91. The summed E-state index contributed by atoms with van der Waals surface area (Å²) in [5.41, 5.74) is 0. The van der Waals surface area contributed by atoms with E-state index in [1.165, 1.54) is 20.8 Å². The standard InChI is InChI=1S/C9H14O6.Na.H/c1-6(10)13-4-9(15-8(3)12)5-14-7(2)11;;/h9H,4-5H2,1-3H3;;/q;+1;-1. The Morgan fingerprint density at radius 1 is 0.938 bits per heavy atom. The van der Waals surface area contributed by atoms with E-state index in [4.69, 9.17) is 4.74 Å². The molecule has 0 spiro atoms. The summed E-state index contributed by atoms with van der Waals surface area (Å²) < 4.78 is 14.0. The first-order valence-electron chi connectivity index (χ1n) is 4.35. The summed E-state index contributed by atoms with van der Waals surface area (Å²) in [5.74, 6) is -1.51. The zero-order valence-electron chi connectivity index (χ0n) is 10.9. The van der Waals surface area contributed by atoms with Crippen molar-refractivity contribution in [2.24, 2.45) is 0 Å². The summed E-state index contributed by atoms with van der Waals surface area (Å²) in [6.07, 6.45) is -0.754. The van der Waals surface area contributed by atoms with E-state index < -0.39 is 24.0 Å². The average Bonchev–Trinajstić information content (AvgIpc) is 2.08. The van der Waals surface area contributed by atoms with Crippen molar-refractivity contribution < 1.29 is 59.6 Å². The summed E-state index contributed by atoms with van der Waals surface area (Å²) in [6, 6.07) is 0. The van der Waals surface area contributed by atoms with Crippen LogP contribution in [-0.2, 0) is 28.6 Å². The van der Waals surface area contributed by atoms with Gasteiger partial charge in [0.1, 0.15) is 13.2 Å². The van der Waals surface area contributed by atoms with Gasteiger partial charge < -0.3 is 15.6 Å². The monoisotopic (exact) mass is 242 g/mol. The summed E-state index contributed by atoms with van der Waals surface area (Å²) in [4.78, 5) is 31.6. The molecule has 0 fully saturated rings. The largest absolute Gasteiger partial charge is 1.00 e. The van der Waals surface area contributed by atoms with Crippen molar-refractivity contribution in [1.29, 1.82) is 0 Å². The fraction of sp³-hybridized carbons (Fsp3) is 0.667. The van der Waals surface area contributed by atoms with E-state index in [2.05, 4.69) is 9.47 Å². The van der Waals surface area contributed by atoms with Gasteiger partial charge in [-0.2, -0.15) is 0 Å². The van der Waals surface area contributed by atoms with Crippen LogP contribution >= 0.6 is 0 Å². The minimum atomic E-state index is -0.754. The predicted molar refractivity (Wildman–Crippen MR) is 49.9 cm³/mol. The SMILES string of the molecule is CC(=O)OCC(COC(C)=O)OC(C)=O.[H-].[Na+]. The Morgan fingerprint density at radius 3 is 1.56 bits per heavy atom. The smallest absolute Gasteiger partial charge is 1.00 e. The molecule has 0 heterocycles. The van der Waals surface area contributed by atoms with E-state index in [0.717, 1.165) is 0 Å². The first kappa shape index (κ1) is 17.8. The number of hydrogen-bond acceptors (Lipinski definition) is 6. The number of esters is 3. The van der Waals surface area contributed by atoms with Gasteiger partial charge in [-0.1, -0.05) is 0 Å². The van der Waals surface area contributed by atoms with E-state index in [1.54, 1.807) is 0 Å². The van der Waals surface area contributed by atoms with Crippen LogP contribution in [0.5, 0.6) is 0 Å². The van der Waals surface area contributed by atoms with Crippen LogP contribution in [0.1, 0.15) is 22.2 Å². The van der Waals surface area contributed by atoms with Crippen LogP contribution in [0.15, 0.2) is 0 Å². The Hall–Kier alpha value is -0.590. The van der Waals surface area contributed by atoms with Gasteiger partial charge in [0, 0.05) is 20.8 Å². The van der Waals surface area contributed by atoms with Crippen molar-refractivity contribution in [3.8, 4) is 0 Å². The van der Waals surface area contributed by atoms with Crippen molar-refractivity contribution >= 4 is 17.9 Å². The minimum Gasteiger partial charge on any atom is -1.00 e. The van der Waals surface area contributed by atoms with Crippen LogP contribution in [0.25, 0.3) is 0 Å². The third kappa shape index (κ3) is 11.5. The molecule has 6 nitrogen and oxygen atoms in total. The molecule has 0 aromatic heterocycles. The van der Waals surface area contributed by atoms with E-state index in [-0.39, 0.29) is 44.2 Å². The number of ether oxygens (including phenoxy) is 3. The summed E-state index contributed by atoms with van der Waals surface area (Å²) >= 11 is 0. The molecule has 7 heteroatoms. The van der Waals surface area contributed by atoms with Gasteiger partial charge in [0.15, 0.2) is 6.10 Å². The Kier molecular flexibility index (Phi) is 10.7. The zero-order chi connectivity index (χ0) is 11.8. The van der Waals surface area contributed by atoms with Gasteiger partial charge in [-0.3, -0.25) is 14.4 Å². The molecular weight excluding hydrogens is 227 g/mol. The van der Waals surface area contributed by atoms with E-state index in [0.29, 0.717) is 0 Å². The quantitative estimate of drug-likeness (QED) is 0.293. The van der Waals surface area contributed by atoms with Gasteiger partial charge in [0.25, 0.3) is 0 Å². The molecule has 0 aromatic carbocycles. The maximum atomic E-state index is 10.6. The van der Waals surface area contributed by atoms with Crippen LogP contribution < -0.4 is 29.6 Å². The fourth-order valence-corrected chi connectivity index (χ4v) is 0.771. The van der Waals surface area contributed by atoms with Crippen molar-refractivity contribution in [2.45, 2.75) is 26.9 Å². The number of carbonyl (C=O) groups excluding carboxylic acids is 3. The van der Waals surface area contributed by atoms with Gasteiger partial charge in [0.2, 0.25) is 0 Å². The van der Waals surface area contributed by atoms with Gasteiger partial charge in [0.05, 0.1) is 0 Å². The molecule has 0 aliphatic heterocycles. The molecule has 0 saturated heterocycles. The van der Waals surface area contributed by atoms with E-state index >= 15 is 0 Å². The Morgan fingerprint density at radius 2 is 1.31 bits per heavy atom. The number of rotatable bonds is 5. The van der Waals surface area contributed by atoms with Crippen molar-refractivity contribution in [1.82, 2.24) is 0 Å². The van der Waals surface area contributed by atoms with Crippen LogP contribution in [0.4, 0.5) is 0 Å². The molecule has 0 aliphatic rings. The zero-order valence-corrected chi connectivity index (χ0v) is 11.9. The van der Waals surface area contributed by atoms with Gasteiger partial charge >= 0.3 is 47.5 Å². The third-order valence-electron chi connectivity index (χ3n) is 1.28. The number of hydrogen-bond donors (Lipinski definition) is 0. The molecule has 0 aromatic rings. The van der Waals surface area contributed by atoms with Gasteiger partial charge in [-0.15, -0.1) is 0 Å². The molecule has 16 heavy (non-hydrogen) atoms. The van der Waals surface area contributed by atoms with Crippen LogP contribution in [-0.4, -0.2) is 37.2 Å². The average molecular weight is 242 g/mol. The topological polar surface area (TPSA) is 78.9 Å². The second-order valence-corrected chi connectivity index (χ2v) is 2.84. The molecule has 0 aliphatic carbocycles. The summed E-state index contributed by atoms with van der Waals surface area (Å²) in [5, 5.41) is 0. The van der Waals surface area contributed by atoms with Crippen molar-refractivity contribution in [3.63, 3.8) is 0 Å². The molecule has 0 N–H and O–H groups in total. The van der Waals surface area contributed by atoms with Gasteiger partial charge in [-0.25, -0.2) is 0 Å². The molecule has 0 amide bonds. The van der Waals surface area contributed by atoms with Crippen LogP contribution in [0, 0.1) is 0 Å². The maximum Gasteiger partial charge on any atom is 1.00 e. The molecule has 0 bridgehead atoms. The van der Waals surface area contributed by atoms with Crippen molar-refractivity contribution in [3.05, 3.63) is 0 Å². The number of carbonyl (C=O) groups is 3. The Balaban J connectivity index is -0.000000980. The predicted octanol–water partition coefficient (Wildman–Crippen LogP) is -2.84. The molecule has 88 valence electrons. The van der Waals surface area contributed by atoms with Crippen LogP contribution in [0.3, 0.4) is 0 Å². The minimum absolute atomic E-state index is 0. The second kappa shape index (κ2) is 9.62. The Bertz CT molecular complexity index is 240. The van der Waals surface area contributed by atoms with Crippen molar-refractivity contribution in [2.75, 3.05) is 13.2 Å². The third-order valence-corrected chi connectivity index (χ3v) is 1.28. The molecule has 0 saturated carbocycles. The molecule has 0 radical (unpaired) electrons. The molecule has 0 unspecified atom stereocenters. The van der Waals surface area contributed by atoms with Crippen LogP contribution in [0.2, 0.25) is 0 Å². The summed E-state index contributed by atoms with van der Waals surface area (Å²) in [7, 11) is 0. The van der Waals surface area contributed by atoms with E-state index in [9.17, 15) is 14.4 Å². The molecule has 0 atom stereocenters.